The van der Waals surface area contributed by atoms with Gasteiger partial charge in [-0.3, -0.25) is 14.4 Å². The number of aromatic nitrogens is 2. The van der Waals surface area contributed by atoms with Crippen molar-refractivity contribution in [2.75, 3.05) is 7.05 Å². The lowest BCUT2D eigenvalue weighted by Crippen LogP contribution is -2.53. The Hall–Kier alpha value is -1.88. The van der Waals surface area contributed by atoms with E-state index in [-0.39, 0.29) is 18.0 Å². The van der Waals surface area contributed by atoms with Crippen molar-refractivity contribution in [3.8, 4) is 0 Å². The predicted molar refractivity (Wildman–Crippen MR) is 95.2 cm³/mol. The predicted octanol–water partition coefficient (Wildman–Crippen LogP) is 2.97. The number of nitrogens with zero attached hydrogens (tertiary/aromatic N) is 3. The number of amides is 1. The summed E-state index contributed by atoms with van der Waals surface area (Å²) < 4.78 is 1.95. The largest absolute Gasteiger partial charge is 0.346 e. The summed E-state index contributed by atoms with van der Waals surface area (Å²) in [4.78, 5) is 15.4. The molecule has 1 aromatic carbocycles. The van der Waals surface area contributed by atoms with Gasteiger partial charge in [0.1, 0.15) is 0 Å². The van der Waals surface area contributed by atoms with Crippen LogP contribution in [-0.4, -0.2) is 45.8 Å². The molecule has 5 heteroatoms. The minimum absolute atomic E-state index is 0.0330. The Morgan fingerprint density at radius 1 is 1.21 bits per heavy atom. The monoisotopic (exact) mass is 326 g/mol. The number of likely N-dealkylation sites (N-methyl/N-ethyl adjacent to an activating group) is 1. The van der Waals surface area contributed by atoms with Crippen molar-refractivity contribution in [1.29, 1.82) is 0 Å². The number of fused-ring (bicyclic) bond motifs is 3. The van der Waals surface area contributed by atoms with Crippen LogP contribution in [0.1, 0.15) is 56.1 Å². The number of hydrogen-bond donors (Lipinski definition) is 1. The average Bonchev–Trinajstić information content (AvgIpc) is 3.05. The van der Waals surface area contributed by atoms with Gasteiger partial charge in [0, 0.05) is 29.6 Å². The van der Waals surface area contributed by atoms with Gasteiger partial charge in [0.25, 0.3) is 5.91 Å². The van der Waals surface area contributed by atoms with Gasteiger partial charge in [-0.2, -0.15) is 5.10 Å². The molecule has 24 heavy (non-hydrogen) atoms. The number of nitrogens with one attached hydrogen (secondary N) is 1. The number of benzene rings is 1. The molecule has 2 bridgehead atoms. The van der Waals surface area contributed by atoms with Gasteiger partial charge in [-0.25, -0.2) is 0 Å². The van der Waals surface area contributed by atoms with Crippen LogP contribution in [-0.2, 0) is 0 Å². The Morgan fingerprint density at radius 3 is 2.75 bits per heavy atom. The highest BCUT2D eigenvalue weighted by atomic mass is 16.2. The lowest BCUT2D eigenvalue weighted by atomic mass is 9.97. The fourth-order valence-corrected chi connectivity index (χ4v) is 4.49. The number of para-hydroxylation sites is 1. The van der Waals surface area contributed by atoms with E-state index >= 15 is 0 Å². The van der Waals surface area contributed by atoms with Crippen LogP contribution < -0.4 is 5.32 Å². The maximum Gasteiger partial charge on any atom is 0.272 e. The summed E-state index contributed by atoms with van der Waals surface area (Å²) in [6.07, 6.45) is 4.71. The molecule has 3 heterocycles. The molecule has 0 radical (unpaired) electrons. The van der Waals surface area contributed by atoms with Crippen molar-refractivity contribution in [2.24, 2.45) is 0 Å². The highest BCUT2D eigenvalue weighted by Gasteiger charge is 2.40. The van der Waals surface area contributed by atoms with Crippen molar-refractivity contribution in [1.82, 2.24) is 20.0 Å². The van der Waals surface area contributed by atoms with Crippen LogP contribution in [0.2, 0.25) is 0 Å². The van der Waals surface area contributed by atoms with E-state index < -0.39 is 0 Å². The lowest BCUT2D eigenvalue weighted by Gasteiger charge is -2.37. The van der Waals surface area contributed by atoms with Crippen LogP contribution in [0.15, 0.2) is 24.3 Å². The Labute approximate surface area is 143 Å². The molecule has 2 aliphatic heterocycles. The number of carbonyl (C=O) groups excluding carboxylic acids is 1. The highest BCUT2D eigenvalue weighted by Crippen LogP contribution is 2.34. The molecule has 128 valence electrons. The summed E-state index contributed by atoms with van der Waals surface area (Å²) in [5.74, 6) is -0.0330. The molecule has 1 N–H and O–H groups in total. The Kier molecular flexibility index (Phi) is 3.83. The lowest BCUT2D eigenvalue weighted by molar-refractivity contribution is 0.0851. The van der Waals surface area contributed by atoms with Crippen LogP contribution >= 0.6 is 0 Å². The second-order valence-electron chi connectivity index (χ2n) is 7.53. The SMILES string of the molecule is CC(C)n1nc(C(=O)NC2CC[C@H]3CC[C@@H]2N3C)c2ccccc21. The molecule has 1 unspecified atom stereocenters. The average molecular weight is 326 g/mol. The first-order chi connectivity index (χ1) is 11.6. The maximum absolute atomic E-state index is 12.9. The fraction of sp³-hybridized carbons (Fsp3) is 0.579. The maximum atomic E-state index is 12.9. The first-order valence-electron chi connectivity index (χ1n) is 9.06. The van der Waals surface area contributed by atoms with Crippen LogP contribution in [0, 0.1) is 0 Å². The summed E-state index contributed by atoms with van der Waals surface area (Å²) in [6, 6.07) is 9.66. The first kappa shape index (κ1) is 15.6. The van der Waals surface area contributed by atoms with Crippen LogP contribution in [0.5, 0.6) is 0 Å². The van der Waals surface area contributed by atoms with Crippen LogP contribution in [0.4, 0.5) is 0 Å². The minimum Gasteiger partial charge on any atom is -0.346 e. The zero-order valence-corrected chi connectivity index (χ0v) is 14.7. The molecule has 2 fully saturated rings. The van der Waals surface area contributed by atoms with E-state index in [1.807, 2.05) is 28.9 Å². The van der Waals surface area contributed by atoms with E-state index in [0.717, 1.165) is 17.3 Å². The normalized spacial score (nSPS) is 27.1. The first-order valence-corrected chi connectivity index (χ1v) is 9.06. The molecule has 0 saturated carbocycles. The summed E-state index contributed by atoms with van der Waals surface area (Å²) in [7, 11) is 2.20. The van der Waals surface area contributed by atoms with E-state index in [4.69, 9.17) is 0 Å². The zero-order chi connectivity index (χ0) is 16.8. The van der Waals surface area contributed by atoms with E-state index in [2.05, 4.69) is 36.2 Å². The van der Waals surface area contributed by atoms with Gasteiger partial charge in [-0.1, -0.05) is 18.2 Å². The number of hydrogen-bond acceptors (Lipinski definition) is 3. The van der Waals surface area contributed by atoms with Gasteiger partial charge in [-0.05, 0) is 52.6 Å². The molecule has 0 spiro atoms. The summed E-state index contributed by atoms with van der Waals surface area (Å²) in [5.41, 5.74) is 1.58. The highest BCUT2D eigenvalue weighted by molar-refractivity contribution is 6.05. The third kappa shape index (κ3) is 2.42. The number of rotatable bonds is 3. The molecule has 1 amide bonds. The van der Waals surface area contributed by atoms with Gasteiger partial charge in [0.2, 0.25) is 0 Å². The molecule has 1 aromatic heterocycles. The Bertz CT molecular complexity index is 766. The molecule has 4 rings (SSSR count). The third-order valence-corrected chi connectivity index (χ3v) is 5.80. The molecular weight excluding hydrogens is 300 g/mol. The zero-order valence-electron chi connectivity index (χ0n) is 14.7. The molecular formula is C19H26N4O. The van der Waals surface area contributed by atoms with Crippen molar-refractivity contribution >= 4 is 16.8 Å². The molecule has 2 aliphatic rings. The number of carbonyl (C=O) groups is 1. The molecule has 2 saturated heterocycles. The van der Waals surface area contributed by atoms with Gasteiger partial charge >= 0.3 is 0 Å². The third-order valence-electron chi connectivity index (χ3n) is 5.80. The van der Waals surface area contributed by atoms with Gasteiger partial charge in [0.05, 0.1) is 5.52 Å². The summed E-state index contributed by atoms with van der Waals surface area (Å²) >= 11 is 0. The molecule has 2 aromatic rings. The Balaban J connectivity index is 1.62. The van der Waals surface area contributed by atoms with Gasteiger partial charge in [-0.15, -0.1) is 0 Å². The number of piperidine rings is 1. The van der Waals surface area contributed by atoms with Crippen LogP contribution in [0.3, 0.4) is 0 Å². The Morgan fingerprint density at radius 2 is 1.96 bits per heavy atom. The fourth-order valence-electron chi connectivity index (χ4n) is 4.49. The summed E-state index contributed by atoms with van der Waals surface area (Å²) in [5, 5.41) is 8.85. The van der Waals surface area contributed by atoms with Gasteiger partial charge in [0.15, 0.2) is 5.69 Å². The quantitative estimate of drug-likeness (QED) is 0.943. The summed E-state index contributed by atoms with van der Waals surface area (Å²) in [6.45, 7) is 4.19. The van der Waals surface area contributed by atoms with E-state index in [1.54, 1.807) is 0 Å². The molecule has 0 aliphatic carbocycles. The molecule has 5 nitrogen and oxygen atoms in total. The topological polar surface area (TPSA) is 50.2 Å². The standard InChI is InChI=1S/C19H26N4O/c1-12(2)23-16-7-5-4-6-14(16)18(21-23)19(24)20-15-10-8-13-9-11-17(15)22(13)3/h4-7,12-13,15,17H,8-11H2,1-3H3,(H,20,24)/t13-,15?,17-/m0/s1. The van der Waals surface area contributed by atoms with E-state index in [1.165, 1.54) is 19.3 Å². The van der Waals surface area contributed by atoms with Crippen molar-refractivity contribution in [3.05, 3.63) is 30.0 Å². The van der Waals surface area contributed by atoms with Crippen molar-refractivity contribution in [2.45, 2.75) is 63.7 Å². The van der Waals surface area contributed by atoms with Crippen LogP contribution in [0.25, 0.3) is 10.9 Å². The van der Waals surface area contributed by atoms with Gasteiger partial charge < -0.3 is 5.32 Å². The minimum atomic E-state index is -0.0330. The molecule has 3 atom stereocenters. The second kappa shape index (κ2) is 5.88. The van der Waals surface area contributed by atoms with E-state index in [0.29, 0.717) is 17.8 Å². The van der Waals surface area contributed by atoms with Crippen molar-refractivity contribution < 1.29 is 4.79 Å². The van der Waals surface area contributed by atoms with Crippen molar-refractivity contribution in [3.63, 3.8) is 0 Å². The smallest absolute Gasteiger partial charge is 0.272 e. The van der Waals surface area contributed by atoms with E-state index in [9.17, 15) is 4.79 Å². The second-order valence-corrected chi connectivity index (χ2v) is 7.53.